The number of rotatable bonds is 7. The number of allylic oxidation sites excluding steroid dienone is 1. The van der Waals surface area contributed by atoms with E-state index < -0.39 is 0 Å². The van der Waals surface area contributed by atoms with E-state index in [-0.39, 0.29) is 5.91 Å². The van der Waals surface area contributed by atoms with Crippen LogP contribution in [0.1, 0.15) is 48.2 Å². The third-order valence-electron chi connectivity index (χ3n) is 4.36. The molecule has 2 N–H and O–H groups in total. The van der Waals surface area contributed by atoms with Gasteiger partial charge >= 0.3 is 0 Å². The standard InChI is InChI=1S/C20H24N4O/c25-20(24-14-17-8-11-21-12-9-17)19-7-6-18(15-23-19)22-13-10-16-4-2-1-3-5-16/h4,6-9,11-12,15,22H,1-3,5,10,13-14H2,(H,24,25). The number of aromatic nitrogens is 2. The molecule has 0 aliphatic heterocycles. The Morgan fingerprint density at radius 2 is 2.00 bits per heavy atom. The van der Waals surface area contributed by atoms with Crippen molar-refractivity contribution in [3.05, 3.63) is 65.8 Å². The summed E-state index contributed by atoms with van der Waals surface area (Å²) in [6.45, 7) is 1.37. The smallest absolute Gasteiger partial charge is 0.270 e. The summed E-state index contributed by atoms with van der Waals surface area (Å²) in [6.07, 6.45) is 13.7. The fourth-order valence-corrected chi connectivity index (χ4v) is 2.91. The van der Waals surface area contributed by atoms with Crippen molar-refractivity contribution >= 4 is 11.6 Å². The van der Waals surface area contributed by atoms with Crippen molar-refractivity contribution in [3.8, 4) is 0 Å². The molecule has 1 aliphatic carbocycles. The maximum atomic E-state index is 12.1. The zero-order chi connectivity index (χ0) is 17.3. The van der Waals surface area contributed by atoms with Gasteiger partial charge in [-0.3, -0.25) is 9.78 Å². The summed E-state index contributed by atoms with van der Waals surface area (Å²) in [4.78, 5) is 20.3. The van der Waals surface area contributed by atoms with Crippen molar-refractivity contribution in [2.75, 3.05) is 11.9 Å². The van der Waals surface area contributed by atoms with Gasteiger partial charge in [-0.15, -0.1) is 0 Å². The molecule has 0 saturated heterocycles. The largest absolute Gasteiger partial charge is 0.383 e. The number of hydrogen-bond acceptors (Lipinski definition) is 4. The first-order valence-electron chi connectivity index (χ1n) is 8.86. The fraction of sp³-hybridized carbons (Fsp3) is 0.350. The maximum absolute atomic E-state index is 12.1. The number of nitrogens with one attached hydrogen (secondary N) is 2. The van der Waals surface area contributed by atoms with Gasteiger partial charge < -0.3 is 10.6 Å². The van der Waals surface area contributed by atoms with Crippen LogP contribution in [0.5, 0.6) is 0 Å². The Balaban J connectivity index is 1.44. The maximum Gasteiger partial charge on any atom is 0.270 e. The highest BCUT2D eigenvalue weighted by atomic mass is 16.1. The van der Waals surface area contributed by atoms with E-state index in [1.165, 1.54) is 25.7 Å². The molecule has 0 bridgehead atoms. The molecule has 2 aromatic heterocycles. The predicted octanol–water partition coefficient (Wildman–Crippen LogP) is 3.71. The molecule has 0 atom stereocenters. The Kier molecular flexibility index (Phi) is 6.15. The van der Waals surface area contributed by atoms with Crippen molar-refractivity contribution < 1.29 is 4.79 Å². The molecule has 0 spiro atoms. The van der Waals surface area contributed by atoms with Gasteiger partial charge in [0.25, 0.3) is 5.91 Å². The normalized spacial score (nSPS) is 13.8. The second-order valence-corrected chi connectivity index (χ2v) is 6.26. The minimum atomic E-state index is -0.171. The minimum absolute atomic E-state index is 0.171. The van der Waals surface area contributed by atoms with Crippen LogP contribution >= 0.6 is 0 Å². The van der Waals surface area contributed by atoms with Gasteiger partial charge in [-0.2, -0.15) is 0 Å². The van der Waals surface area contributed by atoms with Gasteiger partial charge in [0.2, 0.25) is 0 Å². The van der Waals surface area contributed by atoms with E-state index in [1.807, 2.05) is 18.2 Å². The van der Waals surface area contributed by atoms with Crippen LogP contribution in [0, 0.1) is 0 Å². The van der Waals surface area contributed by atoms with Crippen molar-refractivity contribution in [3.63, 3.8) is 0 Å². The lowest BCUT2D eigenvalue weighted by Gasteiger charge is -2.13. The molecule has 0 saturated carbocycles. The van der Waals surface area contributed by atoms with Gasteiger partial charge in [-0.1, -0.05) is 11.6 Å². The molecule has 2 aromatic rings. The predicted molar refractivity (Wildman–Crippen MR) is 99.3 cm³/mol. The van der Waals surface area contributed by atoms with Crippen LogP contribution in [0.3, 0.4) is 0 Å². The Morgan fingerprint density at radius 1 is 1.12 bits per heavy atom. The molecule has 0 aromatic carbocycles. The monoisotopic (exact) mass is 336 g/mol. The number of hydrogen-bond donors (Lipinski definition) is 2. The summed E-state index contributed by atoms with van der Waals surface area (Å²) in [5, 5.41) is 6.24. The van der Waals surface area contributed by atoms with E-state index in [1.54, 1.807) is 30.2 Å². The number of anilines is 1. The molecule has 5 nitrogen and oxygen atoms in total. The Morgan fingerprint density at radius 3 is 2.72 bits per heavy atom. The van der Waals surface area contributed by atoms with Gasteiger partial charge in [0, 0.05) is 25.5 Å². The quantitative estimate of drug-likeness (QED) is 0.757. The van der Waals surface area contributed by atoms with Crippen LogP contribution in [-0.2, 0) is 6.54 Å². The highest BCUT2D eigenvalue weighted by Crippen LogP contribution is 2.20. The summed E-state index contributed by atoms with van der Waals surface area (Å²) in [5.74, 6) is -0.171. The number of pyridine rings is 2. The zero-order valence-corrected chi connectivity index (χ0v) is 14.4. The first kappa shape index (κ1) is 17.1. The lowest BCUT2D eigenvalue weighted by Crippen LogP contribution is -2.23. The fourth-order valence-electron chi connectivity index (χ4n) is 2.91. The highest BCUT2D eigenvalue weighted by molar-refractivity contribution is 5.92. The highest BCUT2D eigenvalue weighted by Gasteiger charge is 2.07. The molecule has 1 amide bonds. The van der Waals surface area contributed by atoms with Crippen LogP contribution in [-0.4, -0.2) is 22.4 Å². The van der Waals surface area contributed by atoms with Crippen LogP contribution in [0.15, 0.2) is 54.5 Å². The zero-order valence-electron chi connectivity index (χ0n) is 14.4. The molecule has 1 aliphatic rings. The number of amides is 1. The number of carbonyl (C=O) groups is 1. The van der Waals surface area contributed by atoms with Crippen molar-refractivity contribution in [1.29, 1.82) is 0 Å². The number of carbonyl (C=O) groups excluding carboxylic acids is 1. The van der Waals surface area contributed by atoms with Crippen LogP contribution in [0.4, 0.5) is 5.69 Å². The van der Waals surface area contributed by atoms with E-state index in [0.29, 0.717) is 12.2 Å². The van der Waals surface area contributed by atoms with E-state index in [4.69, 9.17) is 0 Å². The third kappa shape index (κ3) is 5.41. The SMILES string of the molecule is O=C(NCc1ccncc1)c1ccc(NCCC2=CCCCC2)cn1. The Hall–Kier alpha value is -2.69. The first-order valence-corrected chi connectivity index (χ1v) is 8.86. The van der Waals surface area contributed by atoms with Crippen LogP contribution in [0.25, 0.3) is 0 Å². The molecule has 0 fully saturated rings. The van der Waals surface area contributed by atoms with Crippen molar-refractivity contribution in [2.45, 2.75) is 38.6 Å². The summed E-state index contributed by atoms with van der Waals surface area (Å²) >= 11 is 0. The topological polar surface area (TPSA) is 66.9 Å². The van der Waals surface area contributed by atoms with Crippen molar-refractivity contribution in [1.82, 2.24) is 15.3 Å². The Bertz CT molecular complexity index is 710. The minimum Gasteiger partial charge on any atom is -0.383 e. The molecule has 3 rings (SSSR count). The molecule has 2 heterocycles. The molecule has 130 valence electrons. The summed E-state index contributed by atoms with van der Waals surface area (Å²) in [7, 11) is 0. The van der Waals surface area contributed by atoms with E-state index >= 15 is 0 Å². The molecular formula is C20H24N4O. The lowest BCUT2D eigenvalue weighted by molar-refractivity contribution is 0.0946. The first-order chi connectivity index (χ1) is 12.3. The molecule has 0 radical (unpaired) electrons. The van der Waals surface area contributed by atoms with Crippen LogP contribution < -0.4 is 10.6 Å². The molecule has 5 heteroatoms. The molecule has 0 unspecified atom stereocenters. The summed E-state index contributed by atoms with van der Waals surface area (Å²) < 4.78 is 0. The van der Waals surface area contributed by atoms with Gasteiger partial charge in [-0.05, 0) is 61.9 Å². The number of nitrogens with zero attached hydrogens (tertiary/aromatic N) is 2. The van der Waals surface area contributed by atoms with Crippen LogP contribution in [0.2, 0.25) is 0 Å². The Labute approximate surface area is 148 Å². The van der Waals surface area contributed by atoms with Gasteiger partial charge in [-0.25, -0.2) is 4.98 Å². The van der Waals surface area contributed by atoms with E-state index in [0.717, 1.165) is 24.2 Å². The average molecular weight is 336 g/mol. The van der Waals surface area contributed by atoms with Gasteiger partial charge in [0.05, 0.1) is 11.9 Å². The van der Waals surface area contributed by atoms with E-state index in [2.05, 4.69) is 26.7 Å². The second kappa shape index (κ2) is 8.97. The molecule has 25 heavy (non-hydrogen) atoms. The second-order valence-electron chi connectivity index (χ2n) is 6.26. The summed E-state index contributed by atoms with van der Waals surface area (Å²) in [5.41, 5.74) is 3.94. The molecular weight excluding hydrogens is 312 g/mol. The average Bonchev–Trinajstić information content (AvgIpc) is 2.68. The van der Waals surface area contributed by atoms with E-state index in [9.17, 15) is 4.79 Å². The van der Waals surface area contributed by atoms with Gasteiger partial charge in [0.1, 0.15) is 5.69 Å². The third-order valence-corrected chi connectivity index (χ3v) is 4.36. The van der Waals surface area contributed by atoms with Crippen molar-refractivity contribution in [2.24, 2.45) is 0 Å². The lowest BCUT2D eigenvalue weighted by atomic mass is 9.97. The van der Waals surface area contributed by atoms with Gasteiger partial charge in [0.15, 0.2) is 0 Å². The summed E-state index contributed by atoms with van der Waals surface area (Å²) in [6, 6.07) is 7.42.